The summed E-state index contributed by atoms with van der Waals surface area (Å²) in [5, 5.41) is 11.1. The van der Waals surface area contributed by atoms with Gasteiger partial charge < -0.3 is 28.8 Å². The van der Waals surface area contributed by atoms with Gasteiger partial charge in [-0.2, -0.15) is 0 Å². The molecule has 0 radical (unpaired) electrons. The number of hydrogen-bond donors (Lipinski definition) is 1. The average Bonchev–Trinajstić information content (AvgIpc) is 3.02. The van der Waals surface area contributed by atoms with Gasteiger partial charge in [0.05, 0.1) is 32.0 Å². The van der Waals surface area contributed by atoms with Crippen LogP contribution in [0.25, 0.3) is 0 Å². The second-order valence-corrected chi connectivity index (χ2v) is 9.82. The van der Waals surface area contributed by atoms with Gasteiger partial charge in [0.1, 0.15) is 18.3 Å². The summed E-state index contributed by atoms with van der Waals surface area (Å²) in [4.78, 5) is 13.1. The third-order valence-corrected chi connectivity index (χ3v) is 6.83. The van der Waals surface area contributed by atoms with E-state index in [1.165, 1.54) is 0 Å². The van der Waals surface area contributed by atoms with Crippen LogP contribution in [-0.4, -0.2) is 48.4 Å². The first-order chi connectivity index (χ1) is 20.2. The number of aliphatic hydroxyl groups is 1. The van der Waals surface area contributed by atoms with Gasteiger partial charge >= 0.3 is 5.97 Å². The molecule has 1 N–H and O–H groups in total. The maximum Gasteiger partial charge on any atom is 0.338 e. The molecule has 7 nitrogen and oxygen atoms in total. The van der Waals surface area contributed by atoms with E-state index in [1.54, 1.807) is 24.3 Å². The second-order valence-electron chi connectivity index (χ2n) is 9.82. The number of aliphatic hydroxyl groups excluding tert-OH is 1. The molecule has 41 heavy (non-hydrogen) atoms. The molecule has 0 saturated carbocycles. The van der Waals surface area contributed by atoms with Crippen molar-refractivity contribution in [2.75, 3.05) is 6.61 Å². The molecule has 0 bridgehead atoms. The number of hydrogen-bond acceptors (Lipinski definition) is 7. The molecule has 1 saturated heterocycles. The first kappa shape index (κ1) is 28.7. The Morgan fingerprint density at radius 2 is 1.07 bits per heavy atom. The highest BCUT2D eigenvalue weighted by Gasteiger charge is 2.49. The van der Waals surface area contributed by atoms with Gasteiger partial charge in [0.25, 0.3) is 0 Å². The molecule has 4 aromatic carbocycles. The van der Waals surface area contributed by atoms with Gasteiger partial charge in [-0.25, -0.2) is 4.79 Å². The number of benzene rings is 4. The standard InChI is InChI=1S/C34H34O7/c35-33(28-19-11-4-12-20-28)41-32-31(39-23-27-17-9-3-10-18-27)30(38-22-26-15-7-2-8-16-26)29(40-34(32)36)24-37-21-25-13-5-1-6-14-25/h1-20,29-32,34,36H,21-24H2/t29-,30-,31+,32+,34+/m1/s1. The summed E-state index contributed by atoms with van der Waals surface area (Å²) >= 11 is 0. The van der Waals surface area contributed by atoms with Gasteiger partial charge in [0, 0.05) is 0 Å². The summed E-state index contributed by atoms with van der Waals surface area (Å²) in [5.41, 5.74) is 3.26. The monoisotopic (exact) mass is 554 g/mol. The lowest BCUT2D eigenvalue weighted by molar-refractivity contribution is -0.306. The highest BCUT2D eigenvalue weighted by atomic mass is 16.7. The van der Waals surface area contributed by atoms with E-state index >= 15 is 0 Å². The minimum atomic E-state index is -1.45. The average molecular weight is 555 g/mol. The maximum atomic E-state index is 13.1. The molecule has 4 aromatic rings. The Hall–Kier alpha value is -3.85. The molecule has 1 fully saturated rings. The summed E-state index contributed by atoms with van der Waals surface area (Å²) < 4.78 is 30.7. The molecule has 1 heterocycles. The van der Waals surface area contributed by atoms with Crippen LogP contribution in [0.3, 0.4) is 0 Å². The zero-order valence-electron chi connectivity index (χ0n) is 22.7. The lowest BCUT2D eigenvalue weighted by Gasteiger charge is -2.44. The smallest absolute Gasteiger partial charge is 0.338 e. The highest BCUT2D eigenvalue weighted by molar-refractivity contribution is 5.89. The molecular weight excluding hydrogens is 520 g/mol. The molecule has 0 amide bonds. The summed E-state index contributed by atoms with van der Waals surface area (Å²) in [5.74, 6) is -0.591. The van der Waals surface area contributed by atoms with Gasteiger partial charge in [0.15, 0.2) is 12.4 Å². The molecule has 5 atom stereocenters. The van der Waals surface area contributed by atoms with Crippen LogP contribution in [0, 0.1) is 0 Å². The van der Waals surface area contributed by atoms with Crippen LogP contribution in [0.5, 0.6) is 0 Å². The number of carbonyl (C=O) groups excluding carboxylic acids is 1. The van der Waals surface area contributed by atoms with E-state index in [9.17, 15) is 9.90 Å². The van der Waals surface area contributed by atoms with Crippen molar-refractivity contribution in [3.8, 4) is 0 Å². The van der Waals surface area contributed by atoms with E-state index in [4.69, 9.17) is 23.7 Å². The lowest BCUT2D eigenvalue weighted by Crippen LogP contribution is -2.61. The van der Waals surface area contributed by atoms with Crippen molar-refractivity contribution >= 4 is 5.97 Å². The molecule has 7 heteroatoms. The van der Waals surface area contributed by atoms with E-state index in [0.29, 0.717) is 12.2 Å². The van der Waals surface area contributed by atoms with Crippen molar-refractivity contribution in [3.63, 3.8) is 0 Å². The van der Waals surface area contributed by atoms with E-state index in [2.05, 4.69) is 0 Å². The van der Waals surface area contributed by atoms with Crippen LogP contribution < -0.4 is 0 Å². The fourth-order valence-corrected chi connectivity index (χ4v) is 4.71. The molecule has 0 aromatic heterocycles. The van der Waals surface area contributed by atoms with Gasteiger partial charge in [-0.15, -0.1) is 0 Å². The quantitative estimate of drug-likeness (QED) is 0.238. The van der Waals surface area contributed by atoms with Crippen LogP contribution in [0.4, 0.5) is 0 Å². The number of ether oxygens (including phenoxy) is 5. The third-order valence-electron chi connectivity index (χ3n) is 6.83. The molecule has 0 spiro atoms. The van der Waals surface area contributed by atoms with Crippen molar-refractivity contribution in [2.45, 2.75) is 50.5 Å². The molecule has 1 aliphatic rings. The van der Waals surface area contributed by atoms with E-state index < -0.39 is 36.7 Å². The van der Waals surface area contributed by atoms with E-state index in [-0.39, 0.29) is 19.8 Å². The van der Waals surface area contributed by atoms with Crippen molar-refractivity contribution in [3.05, 3.63) is 144 Å². The van der Waals surface area contributed by atoms with Crippen LogP contribution in [0.15, 0.2) is 121 Å². The van der Waals surface area contributed by atoms with Gasteiger partial charge in [-0.05, 0) is 28.8 Å². The largest absolute Gasteiger partial charge is 0.450 e. The Kier molecular flexibility index (Phi) is 10.3. The van der Waals surface area contributed by atoms with Crippen LogP contribution in [0.1, 0.15) is 27.0 Å². The maximum absolute atomic E-state index is 13.1. The van der Waals surface area contributed by atoms with Gasteiger partial charge in [-0.3, -0.25) is 0 Å². The van der Waals surface area contributed by atoms with Crippen LogP contribution in [0.2, 0.25) is 0 Å². The third kappa shape index (κ3) is 8.10. The number of esters is 1. The Labute approximate surface area is 240 Å². The summed E-state index contributed by atoms with van der Waals surface area (Å²) in [6, 6.07) is 37.8. The van der Waals surface area contributed by atoms with Crippen molar-refractivity contribution in [1.29, 1.82) is 0 Å². The first-order valence-electron chi connectivity index (χ1n) is 13.7. The Morgan fingerprint density at radius 3 is 1.61 bits per heavy atom. The summed E-state index contributed by atoms with van der Waals surface area (Å²) in [7, 11) is 0. The Balaban J connectivity index is 1.39. The van der Waals surface area contributed by atoms with Crippen LogP contribution in [-0.2, 0) is 43.5 Å². The normalized spacial score (nSPS) is 22.2. The molecule has 212 valence electrons. The zero-order chi connectivity index (χ0) is 28.3. The fourth-order valence-electron chi connectivity index (χ4n) is 4.71. The topological polar surface area (TPSA) is 83.5 Å². The van der Waals surface area contributed by atoms with E-state index in [0.717, 1.165) is 16.7 Å². The molecule has 5 rings (SSSR count). The van der Waals surface area contributed by atoms with Gasteiger partial charge in [-0.1, -0.05) is 109 Å². The Bertz CT molecular complexity index is 1320. The zero-order valence-corrected chi connectivity index (χ0v) is 22.7. The predicted octanol–water partition coefficient (Wildman–Crippen LogP) is 5.32. The summed E-state index contributed by atoms with van der Waals surface area (Å²) in [6.45, 7) is 0.991. The predicted molar refractivity (Wildman–Crippen MR) is 153 cm³/mol. The minimum absolute atomic E-state index is 0.135. The SMILES string of the molecule is O=C(O[C@H]1[C@@H](OCc2ccccc2)[C@H](OCc2ccccc2)[C@@H](COCc2ccccc2)O[C@@H]1O)c1ccccc1. The van der Waals surface area contributed by atoms with Crippen molar-refractivity contribution < 1.29 is 33.6 Å². The van der Waals surface area contributed by atoms with Gasteiger partial charge in [0.2, 0.25) is 0 Å². The second kappa shape index (κ2) is 14.7. The Morgan fingerprint density at radius 1 is 0.610 bits per heavy atom. The molecule has 0 aliphatic carbocycles. The fraction of sp³-hybridized carbons (Fsp3) is 0.265. The molecule has 1 aliphatic heterocycles. The lowest BCUT2D eigenvalue weighted by atomic mass is 9.98. The molecular formula is C34H34O7. The minimum Gasteiger partial charge on any atom is -0.450 e. The van der Waals surface area contributed by atoms with E-state index in [1.807, 2.05) is 97.1 Å². The molecule has 0 unspecified atom stereocenters. The van der Waals surface area contributed by atoms with Crippen molar-refractivity contribution in [1.82, 2.24) is 0 Å². The van der Waals surface area contributed by atoms with Crippen molar-refractivity contribution in [2.24, 2.45) is 0 Å². The number of carbonyl (C=O) groups is 1. The number of rotatable bonds is 12. The summed E-state index contributed by atoms with van der Waals surface area (Å²) in [6.07, 6.45) is -4.85. The first-order valence-corrected chi connectivity index (χ1v) is 13.7. The highest BCUT2D eigenvalue weighted by Crippen LogP contribution is 2.30. The van der Waals surface area contributed by atoms with Crippen LogP contribution >= 0.6 is 0 Å².